The van der Waals surface area contributed by atoms with Crippen molar-refractivity contribution < 1.29 is 21.6 Å². The standard InChI is InChI=1S/C13H18F3NO2S/c1-9(2)10-3-5-11(6-4-10)20(18,19)12(7-8-17)13(14,15)16/h3-6,9,12H,7-8,17H2,1-2H3. The molecular formula is C13H18F3NO2S. The Kier molecular flexibility index (Phi) is 5.21. The molecule has 0 fully saturated rings. The Bertz CT molecular complexity index is 536. The predicted molar refractivity (Wildman–Crippen MR) is 71.2 cm³/mol. The Labute approximate surface area is 116 Å². The highest BCUT2D eigenvalue weighted by Crippen LogP contribution is 2.32. The number of hydrogen-bond acceptors (Lipinski definition) is 3. The van der Waals surface area contributed by atoms with Gasteiger partial charge in [-0.3, -0.25) is 0 Å². The molecule has 1 atom stereocenters. The van der Waals surface area contributed by atoms with Gasteiger partial charge in [0.1, 0.15) is 0 Å². The van der Waals surface area contributed by atoms with Gasteiger partial charge in [-0.15, -0.1) is 0 Å². The van der Waals surface area contributed by atoms with Crippen LogP contribution in [0.15, 0.2) is 29.2 Å². The van der Waals surface area contributed by atoms with Crippen LogP contribution in [0.4, 0.5) is 13.2 Å². The topological polar surface area (TPSA) is 60.2 Å². The number of hydrogen-bond donors (Lipinski definition) is 1. The van der Waals surface area contributed by atoms with Gasteiger partial charge in [0.25, 0.3) is 0 Å². The molecule has 1 aromatic carbocycles. The van der Waals surface area contributed by atoms with Gasteiger partial charge in [-0.1, -0.05) is 26.0 Å². The maximum atomic E-state index is 12.9. The summed E-state index contributed by atoms with van der Waals surface area (Å²) in [6.07, 6.45) is -5.47. The molecule has 0 aliphatic rings. The summed E-state index contributed by atoms with van der Waals surface area (Å²) in [5.41, 5.74) is 5.97. The van der Waals surface area contributed by atoms with E-state index in [0.717, 1.165) is 5.56 Å². The summed E-state index contributed by atoms with van der Waals surface area (Å²) in [4.78, 5) is -0.322. The third kappa shape index (κ3) is 3.73. The maximum absolute atomic E-state index is 12.9. The molecule has 0 aliphatic carbocycles. The van der Waals surface area contributed by atoms with E-state index in [4.69, 9.17) is 5.73 Å². The normalized spacial score (nSPS) is 14.6. The number of sulfone groups is 1. The average Bonchev–Trinajstić information content (AvgIpc) is 2.34. The Morgan fingerprint density at radius 3 is 2.00 bits per heavy atom. The highest BCUT2D eigenvalue weighted by atomic mass is 32.2. The molecule has 1 unspecified atom stereocenters. The van der Waals surface area contributed by atoms with Crippen molar-refractivity contribution in [2.75, 3.05) is 6.54 Å². The quantitative estimate of drug-likeness (QED) is 0.910. The van der Waals surface area contributed by atoms with Gasteiger partial charge in [-0.2, -0.15) is 13.2 Å². The zero-order valence-electron chi connectivity index (χ0n) is 11.3. The fraction of sp³-hybridized carbons (Fsp3) is 0.538. The van der Waals surface area contributed by atoms with Crippen LogP contribution < -0.4 is 5.73 Å². The molecule has 0 heterocycles. The summed E-state index contributed by atoms with van der Waals surface area (Å²) in [5.74, 6) is 0.175. The molecule has 3 nitrogen and oxygen atoms in total. The van der Waals surface area contributed by atoms with Crippen molar-refractivity contribution in [3.63, 3.8) is 0 Å². The highest BCUT2D eigenvalue weighted by molar-refractivity contribution is 7.92. The van der Waals surface area contributed by atoms with Gasteiger partial charge >= 0.3 is 6.18 Å². The molecule has 7 heteroatoms. The van der Waals surface area contributed by atoms with Gasteiger partial charge in [-0.05, 0) is 36.6 Å². The van der Waals surface area contributed by atoms with Crippen molar-refractivity contribution in [2.24, 2.45) is 5.73 Å². The van der Waals surface area contributed by atoms with E-state index in [1.54, 1.807) is 0 Å². The average molecular weight is 309 g/mol. The molecule has 0 amide bonds. The predicted octanol–water partition coefficient (Wildman–Crippen LogP) is 2.86. The Morgan fingerprint density at radius 2 is 1.65 bits per heavy atom. The second kappa shape index (κ2) is 6.13. The van der Waals surface area contributed by atoms with E-state index >= 15 is 0 Å². The third-order valence-corrected chi connectivity index (χ3v) is 5.23. The van der Waals surface area contributed by atoms with E-state index in [1.807, 2.05) is 13.8 Å². The summed E-state index contributed by atoms with van der Waals surface area (Å²) in [6, 6.07) is 5.51. The Hall–Kier alpha value is -1.08. The molecule has 2 N–H and O–H groups in total. The summed E-state index contributed by atoms with van der Waals surface area (Å²) in [7, 11) is -4.47. The van der Waals surface area contributed by atoms with Crippen molar-refractivity contribution in [2.45, 2.75) is 42.5 Å². The van der Waals surface area contributed by atoms with Crippen LogP contribution in [-0.4, -0.2) is 26.4 Å². The number of halogens is 3. The Balaban J connectivity index is 3.20. The first-order chi connectivity index (χ1) is 9.10. The third-order valence-electron chi connectivity index (χ3n) is 3.04. The fourth-order valence-corrected chi connectivity index (χ4v) is 3.49. The van der Waals surface area contributed by atoms with Gasteiger partial charge in [0.15, 0.2) is 15.1 Å². The second-order valence-electron chi connectivity index (χ2n) is 4.88. The van der Waals surface area contributed by atoms with E-state index in [1.165, 1.54) is 24.3 Å². The maximum Gasteiger partial charge on any atom is 0.405 e. The molecule has 114 valence electrons. The van der Waals surface area contributed by atoms with Gasteiger partial charge in [0, 0.05) is 0 Å². The van der Waals surface area contributed by atoms with Crippen LogP contribution in [-0.2, 0) is 9.84 Å². The molecule has 0 radical (unpaired) electrons. The highest BCUT2D eigenvalue weighted by Gasteiger charge is 2.48. The van der Waals surface area contributed by atoms with Gasteiger partial charge in [0.2, 0.25) is 0 Å². The lowest BCUT2D eigenvalue weighted by Gasteiger charge is -2.20. The molecule has 1 aromatic rings. The van der Waals surface area contributed by atoms with Crippen molar-refractivity contribution in [1.82, 2.24) is 0 Å². The van der Waals surface area contributed by atoms with E-state index in [9.17, 15) is 21.6 Å². The van der Waals surface area contributed by atoms with Crippen molar-refractivity contribution >= 4 is 9.84 Å². The van der Waals surface area contributed by atoms with Crippen molar-refractivity contribution in [3.05, 3.63) is 29.8 Å². The lowest BCUT2D eigenvalue weighted by atomic mass is 10.0. The first-order valence-electron chi connectivity index (χ1n) is 6.21. The van der Waals surface area contributed by atoms with Gasteiger partial charge in [0.05, 0.1) is 4.90 Å². The molecule has 0 saturated heterocycles. The zero-order valence-corrected chi connectivity index (χ0v) is 12.1. The van der Waals surface area contributed by atoms with Crippen LogP contribution in [0.1, 0.15) is 31.7 Å². The van der Waals surface area contributed by atoms with Crippen LogP contribution >= 0.6 is 0 Å². The van der Waals surface area contributed by atoms with Crippen LogP contribution in [0.5, 0.6) is 0 Å². The lowest BCUT2D eigenvalue weighted by Crippen LogP contribution is -2.38. The van der Waals surface area contributed by atoms with Crippen molar-refractivity contribution in [1.29, 1.82) is 0 Å². The van der Waals surface area contributed by atoms with Gasteiger partial charge in [-0.25, -0.2) is 8.42 Å². The molecule has 0 bridgehead atoms. The molecule has 1 rings (SSSR count). The van der Waals surface area contributed by atoms with Gasteiger partial charge < -0.3 is 5.73 Å². The van der Waals surface area contributed by atoms with Crippen LogP contribution in [0.25, 0.3) is 0 Å². The molecule has 20 heavy (non-hydrogen) atoms. The largest absolute Gasteiger partial charge is 0.405 e. The number of benzene rings is 1. The van der Waals surface area contributed by atoms with Crippen molar-refractivity contribution in [3.8, 4) is 0 Å². The fourth-order valence-electron chi connectivity index (χ4n) is 1.85. The van der Waals surface area contributed by atoms with Crippen LogP contribution in [0.2, 0.25) is 0 Å². The molecular weight excluding hydrogens is 291 g/mol. The van der Waals surface area contributed by atoms with Crippen LogP contribution in [0, 0.1) is 0 Å². The molecule has 0 saturated carbocycles. The van der Waals surface area contributed by atoms with E-state index in [-0.39, 0.29) is 17.4 Å². The SMILES string of the molecule is CC(C)c1ccc(S(=O)(=O)C(CCN)C(F)(F)F)cc1. The molecule has 0 aliphatic heterocycles. The monoisotopic (exact) mass is 309 g/mol. The minimum absolute atomic E-state index is 0.175. The summed E-state index contributed by atoms with van der Waals surface area (Å²) in [6.45, 7) is 3.49. The summed E-state index contributed by atoms with van der Waals surface area (Å²) in [5, 5.41) is -2.45. The Morgan fingerprint density at radius 1 is 1.15 bits per heavy atom. The lowest BCUT2D eigenvalue weighted by molar-refractivity contribution is -0.131. The van der Waals surface area contributed by atoms with E-state index in [2.05, 4.69) is 0 Å². The zero-order chi connectivity index (χ0) is 15.6. The minimum Gasteiger partial charge on any atom is -0.330 e. The smallest absolute Gasteiger partial charge is 0.330 e. The number of nitrogens with two attached hydrogens (primary N) is 1. The molecule has 0 aromatic heterocycles. The summed E-state index contributed by atoms with van der Waals surface area (Å²) >= 11 is 0. The van der Waals surface area contributed by atoms with E-state index in [0.29, 0.717) is 0 Å². The summed E-state index contributed by atoms with van der Waals surface area (Å²) < 4.78 is 62.7. The first kappa shape index (κ1) is 17.0. The minimum atomic E-state index is -4.82. The van der Waals surface area contributed by atoms with E-state index < -0.39 is 27.7 Å². The molecule has 0 spiro atoms. The first-order valence-corrected chi connectivity index (χ1v) is 7.76. The second-order valence-corrected chi connectivity index (χ2v) is 7.01. The number of alkyl halides is 3. The number of rotatable bonds is 5. The van der Waals surface area contributed by atoms with Crippen LogP contribution in [0.3, 0.4) is 0 Å².